The topological polar surface area (TPSA) is 60.4 Å². The molecule has 0 atom stereocenters. The lowest BCUT2D eigenvalue weighted by Gasteiger charge is -2.21. The number of esters is 1. The minimum Gasteiger partial charge on any atom is -0.462 e. The molecule has 1 aromatic rings. The van der Waals surface area contributed by atoms with E-state index < -0.39 is 27.5 Å². The molecular weight excluding hydrogens is 333 g/mol. The van der Waals surface area contributed by atoms with E-state index in [0.717, 1.165) is 18.2 Å². The Morgan fingerprint density at radius 1 is 1.22 bits per heavy atom. The molecule has 4 nitrogen and oxygen atoms in total. The van der Waals surface area contributed by atoms with Gasteiger partial charge in [0.05, 0.1) is 29.2 Å². The average molecular weight is 350 g/mol. The van der Waals surface area contributed by atoms with Gasteiger partial charge >= 0.3 is 12.1 Å². The second-order valence-electron chi connectivity index (χ2n) is 5.60. The van der Waals surface area contributed by atoms with Crippen LogP contribution in [0, 0.1) is 5.92 Å². The average Bonchev–Trinajstić information content (AvgIpc) is 2.48. The van der Waals surface area contributed by atoms with Crippen molar-refractivity contribution in [1.82, 2.24) is 0 Å². The van der Waals surface area contributed by atoms with Crippen molar-refractivity contribution in [2.75, 3.05) is 18.1 Å². The van der Waals surface area contributed by atoms with E-state index >= 15 is 0 Å². The lowest BCUT2D eigenvalue weighted by Crippen LogP contribution is -2.24. The number of carbonyl (C=O) groups excluding carboxylic acids is 1. The van der Waals surface area contributed by atoms with Gasteiger partial charge in [0.2, 0.25) is 0 Å². The first-order chi connectivity index (χ1) is 10.7. The molecule has 2 rings (SSSR count). The van der Waals surface area contributed by atoms with E-state index in [-0.39, 0.29) is 29.6 Å². The third-order valence-corrected chi connectivity index (χ3v) is 5.57. The Labute approximate surface area is 132 Å². The summed E-state index contributed by atoms with van der Waals surface area (Å²) in [5.74, 6) is -0.370. The van der Waals surface area contributed by atoms with Crippen molar-refractivity contribution < 1.29 is 31.1 Å². The fraction of sp³-hybridized carbons (Fsp3) is 0.533. The summed E-state index contributed by atoms with van der Waals surface area (Å²) in [7, 11) is -2.93. The predicted molar refractivity (Wildman–Crippen MR) is 77.7 cm³/mol. The standard InChI is InChI=1S/C15H17F3O4S/c16-15(17,18)13-3-1-2-12(10-13)14(19)22-7-4-11-5-8-23(20,21)9-6-11/h1-3,10-11H,4-9H2. The Morgan fingerprint density at radius 2 is 1.87 bits per heavy atom. The van der Waals surface area contributed by atoms with E-state index in [9.17, 15) is 26.4 Å². The van der Waals surface area contributed by atoms with Gasteiger partial charge in [-0.2, -0.15) is 13.2 Å². The summed E-state index contributed by atoms with van der Waals surface area (Å²) in [5, 5.41) is 0. The van der Waals surface area contributed by atoms with Gasteiger partial charge in [-0.25, -0.2) is 13.2 Å². The molecule has 1 aliphatic heterocycles. The zero-order chi connectivity index (χ0) is 17.1. The third-order valence-electron chi connectivity index (χ3n) is 3.86. The number of alkyl halides is 3. The van der Waals surface area contributed by atoms with E-state index in [0.29, 0.717) is 19.3 Å². The summed E-state index contributed by atoms with van der Waals surface area (Å²) < 4.78 is 65.4. The Kier molecular flexibility index (Phi) is 5.33. The van der Waals surface area contributed by atoms with E-state index in [2.05, 4.69) is 0 Å². The number of sulfone groups is 1. The van der Waals surface area contributed by atoms with Gasteiger partial charge in [0.25, 0.3) is 0 Å². The van der Waals surface area contributed by atoms with Gasteiger partial charge in [0.1, 0.15) is 9.84 Å². The van der Waals surface area contributed by atoms with Gasteiger partial charge in [-0.1, -0.05) is 6.07 Å². The van der Waals surface area contributed by atoms with Crippen molar-refractivity contribution in [3.05, 3.63) is 35.4 Å². The van der Waals surface area contributed by atoms with Crippen molar-refractivity contribution >= 4 is 15.8 Å². The molecule has 0 bridgehead atoms. The minimum atomic E-state index is -4.51. The van der Waals surface area contributed by atoms with E-state index in [4.69, 9.17) is 4.74 Å². The molecule has 1 aliphatic rings. The molecule has 0 aliphatic carbocycles. The summed E-state index contributed by atoms with van der Waals surface area (Å²) in [4.78, 5) is 11.8. The van der Waals surface area contributed by atoms with Crippen LogP contribution < -0.4 is 0 Å². The Bertz CT molecular complexity index is 654. The summed E-state index contributed by atoms with van der Waals surface area (Å²) >= 11 is 0. The van der Waals surface area contributed by atoms with Crippen LogP contribution in [0.4, 0.5) is 13.2 Å². The SMILES string of the molecule is O=C(OCCC1CCS(=O)(=O)CC1)c1cccc(C(F)(F)F)c1. The number of benzene rings is 1. The van der Waals surface area contributed by atoms with Crippen molar-refractivity contribution in [1.29, 1.82) is 0 Å². The van der Waals surface area contributed by atoms with Gasteiger partial charge < -0.3 is 4.74 Å². The lowest BCUT2D eigenvalue weighted by atomic mass is 9.99. The summed E-state index contributed by atoms with van der Waals surface area (Å²) in [6, 6.07) is 4.07. The molecule has 1 fully saturated rings. The van der Waals surface area contributed by atoms with E-state index in [1.54, 1.807) is 0 Å². The highest BCUT2D eigenvalue weighted by molar-refractivity contribution is 7.91. The largest absolute Gasteiger partial charge is 0.462 e. The van der Waals surface area contributed by atoms with Crippen molar-refractivity contribution in [3.63, 3.8) is 0 Å². The number of hydrogen-bond acceptors (Lipinski definition) is 4. The van der Waals surface area contributed by atoms with Crippen LogP contribution in [0.25, 0.3) is 0 Å². The van der Waals surface area contributed by atoms with Gasteiger partial charge in [0.15, 0.2) is 0 Å². The summed E-state index contributed by atoms with van der Waals surface area (Å²) in [6.07, 6.45) is -2.93. The maximum absolute atomic E-state index is 12.6. The molecule has 1 saturated heterocycles. The summed E-state index contributed by atoms with van der Waals surface area (Å²) in [6.45, 7) is 0.0692. The van der Waals surface area contributed by atoms with Crippen LogP contribution in [-0.4, -0.2) is 32.5 Å². The molecular formula is C15H17F3O4S. The molecule has 128 valence electrons. The normalized spacial score (nSPS) is 18.6. The van der Waals surface area contributed by atoms with Crippen molar-refractivity contribution in [2.45, 2.75) is 25.4 Å². The molecule has 1 heterocycles. The zero-order valence-corrected chi connectivity index (χ0v) is 13.1. The second-order valence-corrected chi connectivity index (χ2v) is 7.90. The first-order valence-electron chi connectivity index (χ1n) is 7.22. The van der Waals surface area contributed by atoms with Crippen LogP contribution in [0.3, 0.4) is 0 Å². The molecule has 0 unspecified atom stereocenters. The highest BCUT2D eigenvalue weighted by atomic mass is 32.2. The molecule has 0 amide bonds. The van der Waals surface area contributed by atoms with Crippen molar-refractivity contribution in [3.8, 4) is 0 Å². The predicted octanol–water partition coefficient (Wildman–Crippen LogP) is 3.08. The molecule has 8 heteroatoms. The fourth-order valence-corrected chi connectivity index (χ4v) is 4.04. The van der Waals surface area contributed by atoms with Gasteiger partial charge in [-0.3, -0.25) is 0 Å². The molecule has 0 spiro atoms. The van der Waals surface area contributed by atoms with Crippen LogP contribution in [0.15, 0.2) is 24.3 Å². The first-order valence-corrected chi connectivity index (χ1v) is 9.04. The molecule has 1 aromatic carbocycles. The van der Waals surface area contributed by atoms with Crippen LogP contribution in [-0.2, 0) is 20.8 Å². The quantitative estimate of drug-likeness (QED) is 0.783. The molecule has 0 radical (unpaired) electrons. The highest BCUT2D eigenvalue weighted by Gasteiger charge is 2.31. The fourth-order valence-electron chi connectivity index (χ4n) is 2.45. The van der Waals surface area contributed by atoms with Crippen LogP contribution in [0.1, 0.15) is 35.2 Å². The monoisotopic (exact) mass is 350 g/mol. The number of halogens is 3. The zero-order valence-electron chi connectivity index (χ0n) is 12.3. The van der Waals surface area contributed by atoms with Crippen molar-refractivity contribution in [2.24, 2.45) is 5.92 Å². The number of carbonyl (C=O) groups is 1. The smallest absolute Gasteiger partial charge is 0.416 e. The minimum absolute atomic E-state index is 0.0692. The van der Waals surface area contributed by atoms with Gasteiger partial charge in [-0.15, -0.1) is 0 Å². The van der Waals surface area contributed by atoms with Gasteiger partial charge in [0, 0.05) is 0 Å². The second kappa shape index (κ2) is 6.90. The molecule has 0 N–H and O–H groups in total. The lowest BCUT2D eigenvalue weighted by molar-refractivity contribution is -0.137. The molecule has 0 aromatic heterocycles. The Morgan fingerprint density at radius 3 is 2.48 bits per heavy atom. The number of hydrogen-bond donors (Lipinski definition) is 0. The van der Waals surface area contributed by atoms with Crippen LogP contribution >= 0.6 is 0 Å². The van der Waals surface area contributed by atoms with Crippen LogP contribution in [0.2, 0.25) is 0 Å². The molecule has 0 saturated carbocycles. The highest BCUT2D eigenvalue weighted by Crippen LogP contribution is 2.29. The summed E-state index contributed by atoms with van der Waals surface area (Å²) in [5.41, 5.74) is -1.05. The Hall–Kier alpha value is -1.57. The maximum atomic E-state index is 12.6. The van der Waals surface area contributed by atoms with E-state index in [1.165, 1.54) is 6.07 Å². The first kappa shape index (κ1) is 17.8. The molecule has 23 heavy (non-hydrogen) atoms. The Balaban J connectivity index is 1.84. The van der Waals surface area contributed by atoms with Gasteiger partial charge in [-0.05, 0) is 43.4 Å². The maximum Gasteiger partial charge on any atom is 0.416 e. The number of ether oxygens (including phenoxy) is 1. The van der Waals surface area contributed by atoms with E-state index in [1.807, 2.05) is 0 Å². The third kappa shape index (κ3) is 5.23. The van der Waals surface area contributed by atoms with Crippen LogP contribution in [0.5, 0.6) is 0 Å². The number of rotatable bonds is 4.